The molecule has 0 aromatic carbocycles. The van der Waals surface area contributed by atoms with Gasteiger partial charge in [0.1, 0.15) is 0 Å². The molecule has 1 aromatic heterocycles. The van der Waals surface area contributed by atoms with Crippen molar-refractivity contribution in [3.8, 4) is 0 Å². The maximum Gasteiger partial charge on any atom is 0.358 e. The van der Waals surface area contributed by atoms with Gasteiger partial charge in [-0.2, -0.15) is 0 Å². The van der Waals surface area contributed by atoms with Gasteiger partial charge in [0.05, 0.1) is 19.3 Å². The smallest absolute Gasteiger partial charge is 0.358 e. The second-order valence-corrected chi connectivity index (χ2v) is 4.04. The molecule has 1 saturated heterocycles. The summed E-state index contributed by atoms with van der Waals surface area (Å²) < 4.78 is 6.87. The maximum absolute atomic E-state index is 10.6. The molecule has 1 aliphatic heterocycles. The molecule has 0 saturated carbocycles. The lowest BCUT2D eigenvalue weighted by atomic mass is 10.1. The first kappa shape index (κ1) is 12.0. The molecule has 0 spiro atoms. The number of hydrogen-bond acceptors (Lipinski definition) is 5. The Bertz CT molecular complexity index is 373. The number of carboxylic acids is 1. The number of nitrogens with zero attached hydrogens (tertiary/aromatic N) is 3. The van der Waals surface area contributed by atoms with Gasteiger partial charge in [-0.3, -0.25) is 4.68 Å². The molecule has 1 aliphatic rings. The van der Waals surface area contributed by atoms with Gasteiger partial charge < -0.3 is 15.2 Å². The average Bonchev–Trinajstić information content (AvgIpc) is 2.79. The number of rotatable bonds is 5. The molecule has 2 rings (SSSR count). The Morgan fingerprint density at radius 1 is 1.71 bits per heavy atom. The molecule has 1 atom stereocenters. The largest absolute Gasteiger partial charge is 0.476 e. The Balaban J connectivity index is 1.71. The minimum absolute atomic E-state index is 0.0222. The van der Waals surface area contributed by atoms with E-state index in [1.807, 2.05) is 0 Å². The van der Waals surface area contributed by atoms with Gasteiger partial charge in [0.2, 0.25) is 0 Å². The fraction of sp³-hybridized carbons (Fsp3) is 0.700. The average molecular weight is 240 g/mol. The normalized spacial score (nSPS) is 20.4. The molecule has 2 heterocycles. The Morgan fingerprint density at radius 2 is 2.59 bits per heavy atom. The predicted molar refractivity (Wildman–Crippen MR) is 58.8 cm³/mol. The molecule has 0 radical (unpaired) electrons. The van der Waals surface area contributed by atoms with Crippen LogP contribution in [-0.4, -0.2) is 51.9 Å². The third-order valence-electron chi connectivity index (χ3n) is 2.69. The van der Waals surface area contributed by atoms with E-state index in [1.54, 1.807) is 0 Å². The first-order valence-corrected chi connectivity index (χ1v) is 5.70. The Kier molecular flexibility index (Phi) is 4.05. The van der Waals surface area contributed by atoms with Gasteiger partial charge in [0.25, 0.3) is 0 Å². The Hall–Kier alpha value is -1.47. The van der Waals surface area contributed by atoms with Crippen LogP contribution in [0, 0.1) is 0 Å². The van der Waals surface area contributed by atoms with E-state index in [-0.39, 0.29) is 5.69 Å². The summed E-state index contributed by atoms with van der Waals surface area (Å²) in [5, 5.41) is 19.3. The minimum Gasteiger partial charge on any atom is -0.476 e. The lowest BCUT2D eigenvalue weighted by molar-refractivity contribution is 0.0690. The molecular weight excluding hydrogens is 224 g/mol. The number of aromatic nitrogens is 3. The third kappa shape index (κ3) is 3.50. The van der Waals surface area contributed by atoms with Crippen LogP contribution in [-0.2, 0) is 11.3 Å². The molecule has 0 aliphatic carbocycles. The summed E-state index contributed by atoms with van der Waals surface area (Å²) in [5.74, 6) is -1.05. The Morgan fingerprint density at radius 3 is 3.24 bits per heavy atom. The van der Waals surface area contributed by atoms with E-state index in [4.69, 9.17) is 9.84 Å². The van der Waals surface area contributed by atoms with Gasteiger partial charge in [-0.15, -0.1) is 5.10 Å². The van der Waals surface area contributed by atoms with Crippen molar-refractivity contribution in [1.82, 2.24) is 20.3 Å². The van der Waals surface area contributed by atoms with Crippen LogP contribution in [0.2, 0.25) is 0 Å². The van der Waals surface area contributed by atoms with Crippen LogP contribution >= 0.6 is 0 Å². The van der Waals surface area contributed by atoms with Gasteiger partial charge in [-0.25, -0.2) is 4.79 Å². The van der Waals surface area contributed by atoms with Gasteiger partial charge in [0, 0.05) is 19.2 Å². The zero-order chi connectivity index (χ0) is 12.1. The van der Waals surface area contributed by atoms with Crippen LogP contribution < -0.4 is 5.32 Å². The van der Waals surface area contributed by atoms with Crippen LogP contribution in [0.15, 0.2) is 6.20 Å². The highest BCUT2D eigenvalue weighted by Gasteiger charge is 2.13. The van der Waals surface area contributed by atoms with Gasteiger partial charge >= 0.3 is 5.97 Å². The SMILES string of the molecule is O=C(O)c1cn(CCNC2CCCOC2)nn1. The first-order valence-electron chi connectivity index (χ1n) is 5.70. The van der Waals surface area contributed by atoms with Gasteiger partial charge in [-0.05, 0) is 12.8 Å². The first-order chi connectivity index (χ1) is 8.25. The predicted octanol–water partition coefficient (Wildman–Crippen LogP) is -0.255. The van der Waals surface area contributed by atoms with Crippen LogP contribution in [0.4, 0.5) is 0 Å². The molecule has 0 amide bonds. The van der Waals surface area contributed by atoms with E-state index in [1.165, 1.54) is 10.9 Å². The summed E-state index contributed by atoms with van der Waals surface area (Å²) in [6, 6.07) is 0.395. The number of carboxylic acid groups (broad SMARTS) is 1. The van der Waals surface area contributed by atoms with E-state index >= 15 is 0 Å². The molecule has 7 nitrogen and oxygen atoms in total. The molecule has 2 N–H and O–H groups in total. The quantitative estimate of drug-likeness (QED) is 0.737. The van der Waals surface area contributed by atoms with Crippen LogP contribution in [0.3, 0.4) is 0 Å². The van der Waals surface area contributed by atoms with E-state index in [0.29, 0.717) is 12.6 Å². The number of carbonyl (C=O) groups is 1. The second kappa shape index (κ2) is 5.74. The van der Waals surface area contributed by atoms with Crippen molar-refractivity contribution < 1.29 is 14.6 Å². The maximum atomic E-state index is 10.6. The molecule has 7 heteroatoms. The summed E-state index contributed by atoms with van der Waals surface area (Å²) in [7, 11) is 0. The zero-order valence-electron chi connectivity index (χ0n) is 9.50. The summed E-state index contributed by atoms with van der Waals surface area (Å²) in [5.41, 5.74) is -0.0222. The minimum atomic E-state index is -1.05. The number of ether oxygens (including phenoxy) is 1. The lowest BCUT2D eigenvalue weighted by Gasteiger charge is -2.23. The van der Waals surface area contributed by atoms with Crippen molar-refractivity contribution in [2.24, 2.45) is 0 Å². The summed E-state index contributed by atoms with van der Waals surface area (Å²) in [6.07, 6.45) is 3.64. The molecule has 1 aromatic rings. The zero-order valence-corrected chi connectivity index (χ0v) is 9.50. The number of nitrogens with one attached hydrogen (secondary N) is 1. The molecular formula is C10H16N4O3. The lowest BCUT2D eigenvalue weighted by Crippen LogP contribution is -2.38. The highest BCUT2D eigenvalue weighted by molar-refractivity contribution is 5.84. The van der Waals surface area contributed by atoms with Crippen molar-refractivity contribution in [2.75, 3.05) is 19.8 Å². The van der Waals surface area contributed by atoms with E-state index in [0.717, 1.165) is 32.6 Å². The topological polar surface area (TPSA) is 89.3 Å². The highest BCUT2D eigenvalue weighted by Crippen LogP contribution is 2.05. The third-order valence-corrected chi connectivity index (χ3v) is 2.69. The van der Waals surface area contributed by atoms with Crippen LogP contribution in [0.1, 0.15) is 23.3 Å². The standard InChI is InChI=1S/C10H16N4O3/c15-10(16)9-6-14(13-12-9)4-3-11-8-2-1-5-17-7-8/h6,8,11H,1-5,7H2,(H,15,16). The van der Waals surface area contributed by atoms with Crippen molar-refractivity contribution in [3.05, 3.63) is 11.9 Å². The molecule has 17 heavy (non-hydrogen) atoms. The second-order valence-electron chi connectivity index (χ2n) is 4.04. The fourth-order valence-corrected chi connectivity index (χ4v) is 1.79. The number of hydrogen-bond donors (Lipinski definition) is 2. The highest BCUT2D eigenvalue weighted by atomic mass is 16.5. The van der Waals surface area contributed by atoms with Crippen molar-refractivity contribution in [2.45, 2.75) is 25.4 Å². The van der Waals surface area contributed by atoms with Gasteiger partial charge in [-0.1, -0.05) is 5.21 Å². The van der Waals surface area contributed by atoms with Crippen LogP contribution in [0.5, 0.6) is 0 Å². The molecule has 94 valence electrons. The molecule has 0 bridgehead atoms. The number of aromatic carboxylic acids is 1. The van der Waals surface area contributed by atoms with E-state index in [2.05, 4.69) is 15.6 Å². The summed E-state index contributed by atoms with van der Waals surface area (Å²) in [4.78, 5) is 10.6. The summed E-state index contributed by atoms with van der Waals surface area (Å²) in [6.45, 7) is 2.94. The summed E-state index contributed by atoms with van der Waals surface area (Å²) >= 11 is 0. The van der Waals surface area contributed by atoms with Gasteiger partial charge in [0.15, 0.2) is 5.69 Å². The monoisotopic (exact) mass is 240 g/mol. The van der Waals surface area contributed by atoms with Crippen molar-refractivity contribution >= 4 is 5.97 Å². The molecule has 1 unspecified atom stereocenters. The Labute approximate surface area is 98.8 Å². The van der Waals surface area contributed by atoms with Crippen molar-refractivity contribution in [1.29, 1.82) is 0 Å². The van der Waals surface area contributed by atoms with Crippen LogP contribution in [0.25, 0.3) is 0 Å². The van der Waals surface area contributed by atoms with Crippen molar-refractivity contribution in [3.63, 3.8) is 0 Å². The molecule has 1 fully saturated rings. The van der Waals surface area contributed by atoms with E-state index < -0.39 is 5.97 Å². The van der Waals surface area contributed by atoms with E-state index in [9.17, 15) is 4.79 Å². The fourth-order valence-electron chi connectivity index (χ4n) is 1.79.